The number of carbonyl (C=O) groups excluding carboxylic acids is 2. The van der Waals surface area contributed by atoms with Crippen LogP contribution in [0.5, 0.6) is 5.75 Å². The summed E-state index contributed by atoms with van der Waals surface area (Å²) < 4.78 is 31.1. The van der Waals surface area contributed by atoms with Crippen LogP contribution in [0.15, 0.2) is 47.4 Å². The Labute approximate surface area is 183 Å². The fourth-order valence-corrected chi connectivity index (χ4v) is 5.05. The lowest BCUT2D eigenvalue weighted by atomic mass is 10.1. The van der Waals surface area contributed by atoms with Gasteiger partial charge in [0.15, 0.2) is 9.84 Å². The van der Waals surface area contributed by atoms with Gasteiger partial charge in [-0.2, -0.15) is 0 Å². The van der Waals surface area contributed by atoms with Gasteiger partial charge in [0.1, 0.15) is 5.75 Å². The van der Waals surface area contributed by atoms with E-state index in [4.69, 9.17) is 4.74 Å². The van der Waals surface area contributed by atoms with Crippen molar-refractivity contribution in [3.63, 3.8) is 0 Å². The van der Waals surface area contributed by atoms with Crippen LogP contribution in [0.2, 0.25) is 0 Å². The predicted molar refractivity (Wildman–Crippen MR) is 120 cm³/mol. The minimum Gasteiger partial charge on any atom is -0.492 e. The summed E-state index contributed by atoms with van der Waals surface area (Å²) in [6.07, 6.45) is 0.835. The second-order valence-electron chi connectivity index (χ2n) is 7.51. The summed E-state index contributed by atoms with van der Waals surface area (Å²) in [5.41, 5.74) is 2.12. The number of carbonyl (C=O) groups is 2. The van der Waals surface area contributed by atoms with E-state index in [0.29, 0.717) is 30.9 Å². The molecule has 0 bridgehead atoms. The predicted octanol–water partition coefficient (Wildman–Crippen LogP) is 3.58. The Kier molecular flexibility index (Phi) is 7.00. The first-order valence-corrected chi connectivity index (χ1v) is 12.1. The Bertz CT molecular complexity index is 1080. The second kappa shape index (κ2) is 9.51. The minimum atomic E-state index is -3.65. The summed E-state index contributed by atoms with van der Waals surface area (Å²) in [6.45, 7) is 6.06. The molecule has 0 fully saturated rings. The third-order valence-electron chi connectivity index (χ3n) is 5.26. The summed E-state index contributed by atoms with van der Waals surface area (Å²) >= 11 is 0. The van der Waals surface area contributed by atoms with E-state index in [2.05, 4.69) is 5.32 Å². The number of para-hydroxylation sites is 2. The number of amides is 2. The first-order valence-electron chi connectivity index (χ1n) is 10.5. The highest BCUT2D eigenvalue weighted by molar-refractivity contribution is 7.91. The van der Waals surface area contributed by atoms with Crippen LogP contribution in [-0.2, 0) is 25.8 Å². The standard InChI is InChI=1S/C23H28N2O5S/c1-4-23(27)25-16(3)14-17-15-18(10-11-20(17)25)31(28,29)13-12-22(26)24-19-8-6-7-9-21(19)30-5-2/h6-11,15-16H,4-5,12-14H2,1-3H3,(H,24,26). The smallest absolute Gasteiger partial charge is 0.226 e. The van der Waals surface area contributed by atoms with Crippen LogP contribution < -0.4 is 15.0 Å². The van der Waals surface area contributed by atoms with Gasteiger partial charge >= 0.3 is 0 Å². The van der Waals surface area contributed by atoms with Crippen molar-refractivity contribution in [3.8, 4) is 5.75 Å². The monoisotopic (exact) mass is 444 g/mol. The first-order chi connectivity index (χ1) is 14.8. The molecule has 1 heterocycles. The maximum absolute atomic E-state index is 12.8. The molecule has 2 aromatic rings. The van der Waals surface area contributed by atoms with Crippen molar-refractivity contribution in [2.24, 2.45) is 0 Å². The molecule has 166 valence electrons. The molecule has 0 radical (unpaired) electrons. The zero-order chi connectivity index (χ0) is 22.6. The first kappa shape index (κ1) is 22.8. The number of anilines is 2. The molecule has 1 N–H and O–H groups in total. The summed E-state index contributed by atoms with van der Waals surface area (Å²) in [4.78, 5) is 26.5. The van der Waals surface area contributed by atoms with E-state index in [-0.39, 0.29) is 29.0 Å². The van der Waals surface area contributed by atoms with Crippen LogP contribution in [-0.4, -0.2) is 38.6 Å². The van der Waals surface area contributed by atoms with Crippen LogP contribution in [0.25, 0.3) is 0 Å². The number of fused-ring (bicyclic) bond motifs is 1. The Morgan fingerprint density at radius 3 is 2.61 bits per heavy atom. The van der Waals surface area contributed by atoms with E-state index in [1.54, 1.807) is 41.3 Å². The average Bonchev–Trinajstić information content (AvgIpc) is 3.08. The van der Waals surface area contributed by atoms with Gasteiger partial charge in [0.05, 0.1) is 22.9 Å². The molecule has 1 aliphatic heterocycles. The van der Waals surface area contributed by atoms with E-state index in [1.165, 1.54) is 6.07 Å². The van der Waals surface area contributed by atoms with E-state index >= 15 is 0 Å². The van der Waals surface area contributed by atoms with Gasteiger partial charge in [-0.3, -0.25) is 9.59 Å². The quantitative estimate of drug-likeness (QED) is 0.672. The van der Waals surface area contributed by atoms with Gasteiger partial charge in [0.25, 0.3) is 0 Å². The highest BCUT2D eigenvalue weighted by Crippen LogP contribution is 2.34. The molecule has 3 rings (SSSR count). The molecule has 0 spiro atoms. The maximum Gasteiger partial charge on any atom is 0.226 e. The molecule has 8 heteroatoms. The van der Waals surface area contributed by atoms with Crippen molar-refractivity contribution in [2.75, 3.05) is 22.6 Å². The fourth-order valence-electron chi connectivity index (χ4n) is 3.76. The highest BCUT2D eigenvalue weighted by atomic mass is 32.2. The summed E-state index contributed by atoms with van der Waals surface area (Å²) in [5.74, 6) is -0.141. The van der Waals surface area contributed by atoms with Crippen molar-refractivity contribution in [1.82, 2.24) is 0 Å². The molecular weight excluding hydrogens is 416 g/mol. The number of nitrogens with zero attached hydrogens (tertiary/aromatic N) is 1. The summed E-state index contributed by atoms with van der Waals surface area (Å²) in [7, 11) is -3.65. The molecule has 0 aliphatic carbocycles. The Morgan fingerprint density at radius 1 is 1.16 bits per heavy atom. The number of benzene rings is 2. The highest BCUT2D eigenvalue weighted by Gasteiger charge is 2.31. The number of hydrogen-bond acceptors (Lipinski definition) is 5. The Balaban J connectivity index is 1.69. The molecule has 1 atom stereocenters. The molecule has 1 unspecified atom stereocenters. The third-order valence-corrected chi connectivity index (χ3v) is 6.97. The van der Waals surface area contributed by atoms with Gasteiger partial charge in [0.2, 0.25) is 11.8 Å². The van der Waals surface area contributed by atoms with Crippen LogP contribution >= 0.6 is 0 Å². The molecule has 2 aromatic carbocycles. The van der Waals surface area contributed by atoms with E-state index in [9.17, 15) is 18.0 Å². The molecular formula is C23H28N2O5S. The SMILES string of the molecule is CCOc1ccccc1NC(=O)CCS(=O)(=O)c1ccc2c(c1)CC(C)N2C(=O)CC. The lowest BCUT2D eigenvalue weighted by Crippen LogP contribution is -2.35. The Hall–Kier alpha value is -2.87. The van der Waals surface area contributed by atoms with Gasteiger partial charge in [0, 0.05) is 24.6 Å². The fraction of sp³-hybridized carbons (Fsp3) is 0.391. The zero-order valence-corrected chi connectivity index (χ0v) is 18.9. The number of rotatable bonds is 8. The van der Waals surface area contributed by atoms with Crippen LogP contribution in [0.1, 0.15) is 39.2 Å². The molecule has 31 heavy (non-hydrogen) atoms. The van der Waals surface area contributed by atoms with Crippen molar-refractivity contribution < 1.29 is 22.7 Å². The van der Waals surface area contributed by atoms with Crippen LogP contribution in [0.3, 0.4) is 0 Å². The topological polar surface area (TPSA) is 92.8 Å². The molecule has 1 aliphatic rings. The molecule has 0 saturated carbocycles. The molecule has 2 amide bonds. The number of hydrogen-bond donors (Lipinski definition) is 1. The summed E-state index contributed by atoms with van der Waals surface area (Å²) in [5, 5.41) is 2.72. The molecule has 7 nitrogen and oxygen atoms in total. The number of ether oxygens (including phenoxy) is 1. The molecule has 0 saturated heterocycles. The largest absolute Gasteiger partial charge is 0.492 e. The van der Waals surface area contributed by atoms with E-state index < -0.39 is 15.7 Å². The third kappa shape index (κ3) is 5.07. The van der Waals surface area contributed by atoms with Gasteiger partial charge in [-0.05, 0) is 56.2 Å². The van der Waals surface area contributed by atoms with Gasteiger partial charge < -0.3 is 15.0 Å². The van der Waals surface area contributed by atoms with Crippen LogP contribution in [0, 0.1) is 0 Å². The van der Waals surface area contributed by atoms with Gasteiger partial charge in [-0.25, -0.2) is 8.42 Å². The summed E-state index contributed by atoms with van der Waals surface area (Å²) in [6, 6.07) is 11.9. The minimum absolute atomic E-state index is 0.00316. The van der Waals surface area contributed by atoms with Crippen molar-refractivity contribution in [1.29, 1.82) is 0 Å². The lowest BCUT2D eigenvalue weighted by Gasteiger charge is -2.22. The maximum atomic E-state index is 12.8. The Morgan fingerprint density at radius 2 is 1.90 bits per heavy atom. The van der Waals surface area contributed by atoms with Crippen molar-refractivity contribution >= 4 is 33.0 Å². The van der Waals surface area contributed by atoms with E-state index in [1.807, 2.05) is 20.8 Å². The number of sulfone groups is 1. The lowest BCUT2D eigenvalue weighted by molar-refractivity contribution is -0.118. The van der Waals surface area contributed by atoms with Gasteiger partial charge in [-0.15, -0.1) is 0 Å². The van der Waals surface area contributed by atoms with E-state index in [0.717, 1.165) is 11.3 Å². The zero-order valence-electron chi connectivity index (χ0n) is 18.1. The van der Waals surface area contributed by atoms with Crippen molar-refractivity contribution in [2.45, 2.75) is 51.0 Å². The van der Waals surface area contributed by atoms with Crippen molar-refractivity contribution in [3.05, 3.63) is 48.0 Å². The normalized spacial score (nSPS) is 15.5. The molecule has 0 aromatic heterocycles. The van der Waals surface area contributed by atoms with Gasteiger partial charge in [-0.1, -0.05) is 19.1 Å². The van der Waals surface area contributed by atoms with Crippen LogP contribution in [0.4, 0.5) is 11.4 Å². The average molecular weight is 445 g/mol. The second-order valence-corrected chi connectivity index (χ2v) is 9.62. The number of nitrogens with one attached hydrogen (secondary N) is 1.